The minimum Gasteiger partial charge on any atom is -0.750 e. The molecule has 2 aromatic rings. The van der Waals surface area contributed by atoms with Gasteiger partial charge in [0.05, 0.1) is 17.5 Å². The second kappa shape index (κ2) is 7.39. The number of carbonyl (C=O) groups excluding carboxylic acids is 1. The normalized spacial score (nSPS) is 16.3. The molecule has 138 valence electrons. The molecule has 26 heavy (non-hydrogen) atoms. The van der Waals surface area contributed by atoms with Gasteiger partial charge in [-0.2, -0.15) is 0 Å². The summed E-state index contributed by atoms with van der Waals surface area (Å²) < 4.78 is 32.2. The number of aromatic carboxylic acids is 1. The molecular formula is C16H13BrNO7S-. The molecule has 1 N–H and O–H groups in total. The number of carboxylic acid groups (broad SMARTS) is 1. The van der Waals surface area contributed by atoms with Gasteiger partial charge < -0.3 is 14.2 Å². The largest absolute Gasteiger partial charge is 0.750 e. The van der Waals surface area contributed by atoms with Gasteiger partial charge in [0.2, 0.25) is 5.69 Å². The lowest BCUT2D eigenvalue weighted by atomic mass is 9.94. The summed E-state index contributed by atoms with van der Waals surface area (Å²) in [4.78, 5) is 24.6. The monoisotopic (exact) mass is 442 g/mol. The zero-order valence-corrected chi connectivity index (χ0v) is 15.8. The molecule has 2 atom stereocenters. The second-order valence-corrected chi connectivity index (χ2v) is 7.37. The first-order valence-electron chi connectivity index (χ1n) is 7.63. The Labute approximate surface area is 159 Å². The molecule has 10 heteroatoms. The Hall–Kier alpha value is -1.88. The summed E-state index contributed by atoms with van der Waals surface area (Å²) >= 11 is 0.492. The van der Waals surface area contributed by atoms with Gasteiger partial charge in [0.15, 0.2) is 11.5 Å². The molecule has 1 fully saturated rings. The highest BCUT2D eigenvalue weighted by molar-refractivity contribution is 9.10. The van der Waals surface area contributed by atoms with Gasteiger partial charge in [-0.05, 0) is 43.5 Å². The van der Waals surface area contributed by atoms with E-state index in [1.807, 2.05) is 0 Å². The average molecular weight is 443 g/mol. The van der Waals surface area contributed by atoms with Crippen LogP contribution < -0.4 is 0 Å². The quantitative estimate of drug-likeness (QED) is 0.511. The van der Waals surface area contributed by atoms with Gasteiger partial charge in [-0.3, -0.25) is 8.98 Å². The Morgan fingerprint density at radius 2 is 2.15 bits per heavy atom. The fraction of sp³-hybridized carbons (Fsp3) is 0.312. The number of hydrogen-bond donors (Lipinski definition) is 1. The van der Waals surface area contributed by atoms with Gasteiger partial charge in [0.25, 0.3) is 0 Å². The van der Waals surface area contributed by atoms with Crippen LogP contribution in [0, 0.1) is 0 Å². The lowest BCUT2D eigenvalue weighted by Crippen LogP contribution is -2.14. The van der Waals surface area contributed by atoms with E-state index in [-0.39, 0.29) is 22.8 Å². The van der Waals surface area contributed by atoms with E-state index in [1.54, 1.807) is 12.1 Å². The van der Waals surface area contributed by atoms with Gasteiger partial charge >= 0.3 is 5.97 Å². The Kier molecular flexibility index (Phi) is 5.37. The predicted octanol–water partition coefficient (Wildman–Crippen LogP) is 3.12. The van der Waals surface area contributed by atoms with E-state index in [4.69, 9.17) is 8.71 Å². The Morgan fingerprint density at radius 1 is 1.46 bits per heavy atom. The van der Waals surface area contributed by atoms with Crippen molar-refractivity contribution in [2.45, 2.75) is 31.8 Å². The van der Waals surface area contributed by atoms with Crippen molar-refractivity contribution in [3.05, 3.63) is 50.8 Å². The van der Waals surface area contributed by atoms with Crippen LogP contribution in [-0.2, 0) is 15.5 Å². The molecule has 0 aliphatic heterocycles. The molecule has 0 radical (unpaired) electrons. The van der Waals surface area contributed by atoms with E-state index >= 15 is 0 Å². The number of ketones is 1. The zero-order valence-electron chi connectivity index (χ0n) is 13.4. The van der Waals surface area contributed by atoms with E-state index in [0.29, 0.717) is 10.0 Å². The Morgan fingerprint density at radius 3 is 2.73 bits per heavy atom. The van der Waals surface area contributed by atoms with E-state index in [2.05, 4.69) is 21.1 Å². The zero-order chi connectivity index (χ0) is 19.0. The third kappa shape index (κ3) is 3.78. The summed E-state index contributed by atoms with van der Waals surface area (Å²) in [6, 6.07) is 4.63. The topological polar surface area (TPSA) is 130 Å². The van der Waals surface area contributed by atoms with E-state index in [1.165, 1.54) is 13.0 Å². The summed E-state index contributed by atoms with van der Waals surface area (Å²) in [5, 5.41) is 12.9. The summed E-state index contributed by atoms with van der Waals surface area (Å²) in [5.74, 6) is -1.74. The molecule has 0 bridgehead atoms. The van der Waals surface area contributed by atoms with E-state index < -0.39 is 34.9 Å². The molecule has 1 saturated carbocycles. The number of benzene rings is 1. The van der Waals surface area contributed by atoms with Crippen LogP contribution in [0.5, 0.6) is 0 Å². The number of hydrogen-bond acceptors (Lipinski definition) is 7. The molecule has 1 aromatic heterocycles. The van der Waals surface area contributed by atoms with Crippen molar-refractivity contribution < 1.29 is 32.2 Å². The van der Waals surface area contributed by atoms with Crippen LogP contribution in [0.15, 0.2) is 27.2 Å². The van der Waals surface area contributed by atoms with Crippen molar-refractivity contribution in [3.63, 3.8) is 0 Å². The molecule has 2 unspecified atom stereocenters. The van der Waals surface area contributed by atoms with Gasteiger partial charge in [-0.1, -0.05) is 21.1 Å². The van der Waals surface area contributed by atoms with Crippen LogP contribution in [0.4, 0.5) is 0 Å². The third-order valence-electron chi connectivity index (χ3n) is 4.02. The lowest BCUT2D eigenvalue weighted by Gasteiger charge is -2.18. The molecule has 1 heterocycles. The SMILES string of the molecule is CC(OS(=O)[O-])c1cc(Br)ccc1C(=O)c1c(C(=O)O)noc1C1CC1. The predicted molar refractivity (Wildman–Crippen MR) is 91.4 cm³/mol. The fourth-order valence-electron chi connectivity index (χ4n) is 2.67. The number of carbonyl (C=O) groups is 2. The van der Waals surface area contributed by atoms with Gasteiger partial charge in [0.1, 0.15) is 5.56 Å². The standard InChI is InChI=1S/C16H14BrNO7S/c1-7(25-26(22)23)11-6-9(17)4-5-10(11)14(19)12-13(16(20)21)18-24-15(12)8-2-3-8/h4-8H,2-3H2,1H3,(H,20,21)(H,22,23)/p-1. The maximum atomic E-state index is 13.1. The van der Waals surface area contributed by atoms with Crippen LogP contribution >= 0.6 is 15.9 Å². The van der Waals surface area contributed by atoms with Crippen molar-refractivity contribution in [3.8, 4) is 0 Å². The van der Waals surface area contributed by atoms with Crippen molar-refractivity contribution in [2.75, 3.05) is 0 Å². The van der Waals surface area contributed by atoms with Crippen LogP contribution in [0.1, 0.15) is 69.5 Å². The number of halogens is 1. The molecule has 1 aliphatic carbocycles. The Bertz CT molecular complexity index is 906. The molecule has 0 amide bonds. The van der Waals surface area contributed by atoms with Crippen molar-refractivity contribution in [1.29, 1.82) is 0 Å². The average Bonchev–Trinajstić information content (AvgIpc) is 3.31. The summed E-state index contributed by atoms with van der Waals surface area (Å²) in [5.41, 5.74) is -0.127. The highest BCUT2D eigenvalue weighted by Gasteiger charge is 2.37. The highest BCUT2D eigenvalue weighted by Crippen LogP contribution is 2.43. The molecule has 1 aromatic carbocycles. The van der Waals surface area contributed by atoms with Crippen molar-refractivity contribution in [2.24, 2.45) is 0 Å². The number of aromatic nitrogens is 1. The minimum absolute atomic E-state index is 0.0312. The highest BCUT2D eigenvalue weighted by atomic mass is 79.9. The van der Waals surface area contributed by atoms with Crippen molar-refractivity contribution in [1.82, 2.24) is 5.16 Å². The van der Waals surface area contributed by atoms with Crippen LogP contribution in [0.2, 0.25) is 0 Å². The lowest BCUT2D eigenvalue weighted by molar-refractivity contribution is 0.0682. The van der Waals surface area contributed by atoms with Crippen molar-refractivity contribution >= 4 is 39.0 Å². The molecule has 0 spiro atoms. The van der Waals surface area contributed by atoms with Crippen LogP contribution in [-0.4, -0.2) is 30.8 Å². The smallest absolute Gasteiger partial charge is 0.358 e. The maximum Gasteiger partial charge on any atom is 0.358 e. The summed E-state index contributed by atoms with van der Waals surface area (Å²) in [6.07, 6.45) is 0.634. The first kappa shape index (κ1) is 18.9. The number of rotatable bonds is 7. The molecule has 3 rings (SSSR count). The van der Waals surface area contributed by atoms with Gasteiger partial charge in [-0.25, -0.2) is 9.00 Å². The first-order valence-corrected chi connectivity index (χ1v) is 9.42. The van der Waals surface area contributed by atoms with Gasteiger partial charge in [-0.15, -0.1) is 0 Å². The summed E-state index contributed by atoms with van der Waals surface area (Å²) in [6.45, 7) is 1.47. The molecule has 1 aliphatic rings. The third-order valence-corrected chi connectivity index (χ3v) is 4.95. The van der Waals surface area contributed by atoms with E-state index in [9.17, 15) is 23.5 Å². The number of carboxylic acids is 1. The van der Waals surface area contributed by atoms with Crippen LogP contribution in [0.25, 0.3) is 0 Å². The number of nitrogens with zero attached hydrogens (tertiary/aromatic N) is 1. The van der Waals surface area contributed by atoms with Gasteiger partial charge in [0, 0.05) is 16.0 Å². The Balaban J connectivity index is 2.10. The maximum absolute atomic E-state index is 13.1. The minimum atomic E-state index is -2.78. The van der Waals surface area contributed by atoms with Crippen LogP contribution in [0.3, 0.4) is 0 Å². The second-order valence-electron chi connectivity index (χ2n) is 5.85. The molecule has 8 nitrogen and oxygen atoms in total. The first-order chi connectivity index (χ1) is 12.3. The fourth-order valence-corrected chi connectivity index (χ4v) is 3.39. The van der Waals surface area contributed by atoms with E-state index in [0.717, 1.165) is 12.8 Å². The molecule has 0 saturated heterocycles. The summed E-state index contributed by atoms with van der Waals surface area (Å²) in [7, 11) is 0. The molecular weight excluding hydrogens is 430 g/mol.